The number of carbonyl (C=O) groups excluding carboxylic acids is 2. The van der Waals surface area contributed by atoms with Crippen LogP contribution in [-0.4, -0.2) is 50.8 Å². The monoisotopic (exact) mass is 461 g/mol. The molecule has 1 aromatic carbocycles. The Labute approximate surface area is 187 Å². The molecule has 2 amide bonds. The Hall–Kier alpha value is -2.85. The molecule has 32 heavy (non-hydrogen) atoms. The summed E-state index contributed by atoms with van der Waals surface area (Å²) in [4.78, 5) is 26.3. The van der Waals surface area contributed by atoms with Gasteiger partial charge in [0.05, 0.1) is 23.4 Å². The summed E-state index contributed by atoms with van der Waals surface area (Å²) in [5.41, 5.74) is 0.272. The van der Waals surface area contributed by atoms with Gasteiger partial charge in [0.25, 0.3) is 5.91 Å². The molecule has 0 saturated carbocycles. The van der Waals surface area contributed by atoms with Crippen LogP contribution in [0.1, 0.15) is 26.0 Å². The lowest BCUT2D eigenvalue weighted by Gasteiger charge is -2.34. The third-order valence-electron chi connectivity index (χ3n) is 5.69. The molecule has 2 aromatic rings. The van der Waals surface area contributed by atoms with Crippen LogP contribution in [0.25, 0.3) is 0 Å². The third-order valence-corrected chi connectivity index (χ3v) is 7.52. The molecule has 1 aromatic heterocycles. The largest absolute Gasteiger partial charge is 0.482 e. The molecule has 10 heteroatoms. The second kappa shape index (κ2) is 8.95. The maximum absolute atomic E-state index is 13.3. The van der Waals surface area contributed by atoms with Gasteiger partial charge in [-0.25, -0.2) is 8.42 Å². The number of carbonyl (C=O) groups is 2. The number of sulfonamides is 1. The Morgan fingerprint density at radius 1 is 1.19 bits per heavy atom. The summed E-state index contributed by atoms with van der Waals surface area (Å²) < 4.78 is 38.8. The van der Waals surface area contributed by atoms with E-state index in [1.165, 1.54) is 27.6 Å². The number of piperidine rings is 1. The van der Waals surface area contributed by atoms with Gasteiger partial charge in [-0.3, -0.25) is 14.5 Å². The van der Waals surface area contributed by atoms with Crippen LogP contribution in [0.15, 0.2) is 45.9 Å². The van der Waals surface area contributed by atoms with Crippen LogP contribution in [0.2, 0.25) is 0 Å². The van der Waals surface area contributed by atoms with Gasteiger partial charge in [-0.15, -0.1) is 0 Å². The zero-order valence-corrected chi connectivity index (χ0v) is 18.9. The molecule has 1 N–H and O–H groups in total. The predicted molar refractivity (Wildman–Crippen MR) is 117 cm³/mol. The van der Waals surface area contributed by atoms with Crippen molar-refractivity contribution in [3.8, 4) is 5.75 Å². The summed E-state index contributed by atoms with van der Waals surface area (Å²) in [6.07, 6.45) is 2.49. The molecule has 0 unspecified atom stereocenters. The van der Waals surface area contributed by atoms with Crippen molar-refractivity contribution < 1.29 is 27.2 Å². The van der Waals surface area contributed by atoms with Crippen molar-refractivity contribution in [1.82, 2.24) is 9.62 Å². The number of nitrogens with zero attached hydrogens (tertiary/aromatic N) is 2. The van der Waals surface area contributed by atoms with Gasteiger partial charge in [-0.05, 0) is 48.6 Å². The SMILES string of the molecule is C[C@@H]1C[C@H](C)CN(S(=O)(=O)c2ccc3c(c2)N(CC(=O)NCc2ccco2)C(=O)CO3)C1. The highest BCUT2D eigenvalue weighted by Gasteiger charge is 2.34. The van der Waals surface area contributed by atoms with Crippen LogP contribution in [0.4, 0.5) is 5.69 Å². The van der Waals surface area contributed by atoms with Crippen molar-refractivity contribution in [3.63, 3.8) is 0 Å². The number of amides is 2. The number of anilines is 1. The van der Waals surface area contributed by atoms with Crippen molar-refractivity contribution >= 4 is 27.5 Å². The van der Waals surface area contributed by atoms with Gasteiger partial charge in [-0.2, -0.15) is 4.31 Å². The lowest BCUT2D eigenvalue weighted by molar-refractivity contribution is -0.125. The number of rotatable bonds is 6. The van der Waals surface area contributed by atoms with E-state index in [0.717, 1.165) is 6.42 Å². The quantitative estimate of drug-likeness (QED) is 0.705. The van der Waals surface area contributed by atoms with Gasteiger partial charge in [-0.1, -0.05) is 13.8 Å². The van der Waals surface area contributed by atoms with Gasteiger partial charge < -0.3 is 14.5 Å². The minimum Gasteiger partial charge on any atom is -0.482 e. The molecular formula is C22H27N3O6S. The fourth-order valence-corrected chi connectivity index (χ4v) is 5.97. The zero-order valence-electron chi connectivity index (χ0n) is 18.1. The topological polar surface area (TPSA) is 109 Å². The van der Waals surface area contributed by atoms with Crippen molar-refractivity contribution in [2.75, 3.05) is 31.1 Å². The number of ether oxygens (including phenoxy) is 1. The molecule has 172 valence electrons. The van der Waals surface area contributed by atoms with E-state index < -0.39 is 21.8 Å². The van der Waals surface area contributed by atoms with Gasteiger partial charge >= 0.3 is 0 Å². The maximum atomic E-state index is 13.3. The first-order valence-corrected chi connectivity index (χ1v) is 12.0. The Kier molecular flexibility index (Phi) is 6.25. The summed E-state index contributed by atoms with van der Waals surface area (Å²) in [7, 11) is -3.74. The molecule has 4 rings (SSSR count). The number of hydrogen-bond acceptors (Lipinski definition) is 6. The standard InChI is InChI=1S/C22H27N3O6S/c1-15-8-16(2)12-24(11-15)32(28,29)18-5-6-20-19(9-18)25(22(27)14-31-20)13-21(26)23-10-17-4-3-7-30-17/h3-7,9,15-16H,8,10-14H2,1-2H3,(H,23,26)/t15-,16+. The summed E-state index contributed by atoms with van der Waals surface area (Å²) in [5, 5.41) is 2.70. The molecular weight excluding hydrogens is 434 g/mol. The molecule has 9 nitrogen and oxygen atoms in total. The van der Waals surface area contributed by atoms with Crippen LogP contribution in [-0.2, 0) is 26.2 Å². The Morgan fingerprint density at radius 3 is 2.62 bits per heavy atom. The van der Waals surface area contributed by atoms with Crippen LogP contribution in [0, 0.1) is 11.8 Å². The van der Waals surface area contributed by atoms with Crippen LogP contribution in [0.3, 0.4) is 0 Å². The predicted octanol–water partition coefficient (Wildman–Crippen LogP) is 1.99. The fraction of sp³-hybridized carbons (Fsp3) is 0.455. The minimum atomic E-state index is -3.74. The normalized spacial score (nSPS) is 21.7. The van der Waals surface area contributed by atoms with Crippen molar-refractivity contribution in [1.29, 1.82) is 0 Å². The van der Waals surface area contributed by atoms with E-state index in [2.05, 4.69) is 5.32 Å². The van der Waals surface area contributed by atoms with E-state index >= 15 is 0 Å². The zero-order chi connectivity index (χ0) is 22.9. The highest BCUT2D eigenvalue weighted by Crippen LogP contribution is 2.36. The lowest BCUT2D eigenvalue weighted by Crippen LogP contribution is -2.45. The van der Waals surface area contributed by atoms with Gasteiger partial charge in [0.2, 0.25) is 15.9 Å². The Bertz CT molecular complexity index is 1090. The lowest BCUT2D eigenvalue weighted by atomic mass is 9.94. The van der Waals surface area contributed by atoms with Gasteiger partial charge in [0, 0.05) is 13.1 Å². The molecule has 3 heterocycles. The Balaban J connectivity index is 1.56. The smallest absolute Gasteiger partial charge is 0.265 e. The summed E-state index contributed by atoms with van der Waals surface area (Å²) in [5.74, 6) is 0.680. The number of benzene rings is 1. The molecule has 2 atom stereocenters. The first kappa shape index (κ1) is 22.3. The van der Waals surface area contributed by atoms with Crippen molar-refractivity contribution in [2.24, 2.45) is 11.8 Å². The number of nitrogens with one attached hydrogen (secondary N) is 1. The van der Waals surface area contributed by atoms with Crippen molar-refractivity contribution in [3.05, 3.63) is 42.4 Å². The van der Waals surface area contributed by atoms with E-state index in [-0.39, 0.29) is 42.1 Å². The number of hydrogen-bond donors (Lipinski definition) is 1. The van der Waals surface area contributed by atoms with Crippen LogP contribution < -0.4 is 15.0 Å². The number of fused-ring (bicyclic) bond motifs is 1. The van der Waals surface area contributed by atoms with E-state index in [9.17, 15) is 18.0 Å². The second-order valence-electron chi connectivity index (χ2n) is 8.52. The molecule has 1 saturated heterocycles. The van der Waals surface area contributed by atoms with Crippen molar-refractivity contribution in [2.45, 2.75) is 31.7 Å². The van der Waals surface area contributed by atoms with E-state index in [1.54, 1.807) is 18.2 Å². The highest BCUT2D eigenvalue weighted by atomic mass is 32.2. The summed E-state index contributed by atoms with van der Waals surface area (Å²) in [6.45, 7) is 4.72. The van der Waals surface area contributed by atoms with E-state index in [4.69, 9.17) is 9.15 Å². The third kappa shape index (κ3) is 4.66. The average Bonchev–Trinajstić information content (AvgIpc) is 3.27. The molecule has 0 spiro atoms. The number of furan rings is 1. The first-order valence-electron chi connectivity index (χ1n) is 10.6. The molecule has 2 aliphatic rings. The molecule has 0 radical (unpaired) electrons. The highest BCUT2D eigenvalue weighted by molar-refractivity contribution is 7.89. The fourth-order valence-electron chi connectivity index (χ4n) is 4.27. The first-order chi connectivity index (χ1) is 15.2. The maximum Gasteiger partial charge on any atom is 0.265 e. The molecule has 0 aliphatic carbocycles. The van der Waals surface area contributed by atoms with Gasteiger partial charge in [0.1, 0.15) is 18.1 Å². The summed E-state index contributed by atoms with van der Waals surface area (Å²) >= 11 is 0. The van der Waals surface area contributed by atoms with Crippen LogP contribution >= 0.6 is 0 Å². The average molecular weight is 462 g/mol. The van der Waals surface area contributed by atoms with Gasteiger partial charge in [0.15, 0.2) is 6.61 Å². The molecule has 0 bridgehead atoms. The minimum absolute atomic E-state index is 0.0804. The summed E-state index contributed by atoms with van der Waals surface area (Å²) in [6, 6.07) is 7.90. The second-order valence-corrected chi connectivity index (χ2v) is 10.5. The van der Waals surface area contributed by atoms with E-state index in [1.807, 2.05) is 13.8 Å². The Morgan fingerprint density at radius 2 is 1.94 bits per heavy atom. The molecule has 2 aliphatic heterocycles. The van der Waals surface area contributed by atoms with Crippen LogP contribution in [0.5, 0.6) is 5.75 Å². The van der Waals surface area contributed by atoms with E-state index in [0.29, 0.717) is 24.6 Å². The molecule has 1 fully saturated rings.